The van der Waals surface area contributed by atoms with E-state index >= 15 is 0 Å². The largest absolute Gasteiger partial charge is 0.455 e. The molecule has 0 amide bonds. The van der Waals surface area contributed by atoms with Crippen molar-refractivity contribution in [2.24, 2.45) is 0 Å². The smallest absolute Gasteiger partial charge is 0.143 e. The van der Waals surface area contributed by atoms with Gasteiger partial charge >= 0.3 is 0 Å². The molecule has 2 nitrogen and oxygen atoms in total. The van der Waals surface area contributed by atoms with E-state index in [9.17, 15) is 0 Å². The Bertz CT molecular complexity index is 3450. The third-order valence-electron chi connectivity index (χ3n) is 12.6. The minimum Gasteiger partial charge on any atom is -0.455 e. The molecule has 10 aromatic carbocycles. The second kappa shape index (κ2) is 11.9. The van der Waals surface area contributed by atoms with Gasteiger partial charge in [-0.3, -0.25) is 0 Å². The highest BCUT2D eigenvalue weighted by Gasteiger charge is 2.36. The maximum Gasteiger partial charge on any atom is 0.143 e. The van der Waals surface area contributed by atoms with Gasteiger partial charge in [-0.2, -0.15) is 0 Å². The summed E-state index contributed by atoms with van der Waals surface area (Å²) in [6.07, 6.45) is 0. The first kappa shape index (κ1) is 32.1. The zero-order valence-corrected chi connectivity index (χ0v) is 31.8. The van der Waals surface area contributed by atoms with Crippen LogP contribution in [0.1, 0.15) is 25.0 Å². The van der Waals surface area contributed by atoms with E-state index in [-0.39, 0.29) is 5.41 Å². The molecule has 0 saturated heterocycles. The normalized spacial score (nSPS) is 13.2. The van der Waals surface area contributed by atoms with Gasteiger partial charge in [0.2, 0.25) is 0 Å². The van der Waals surface area contributed by atoms with Gasteiger partial charge in [0, 0.05) is 27.4 Å². The van der Waals surface area contributed by atoms with Crippen LogP contribution >= 0.6 is 0 Å². The van der Waals surface area contributed by atoms with Crippen LogP contribution in [0.2, 0.25) is 0 Å². The predicted molar refractivity (Wildman–Crippen MR) is 241 cm³/mol. The summed E-state index contributed by atoms with van der Waals surface area (Å²) in [5.41, 5.74) is 12.6. The zero-order valence-electron chi connectivity index (χ0n) is 31.8. The zero-order chi connectivity index (χ0) is 37.8. The Balaban J connectivity index is 1.19. The van der Waals surface area contributed by atoms with Crippen molar-refractivity contribution in [1.29, 1.82) is 0 Å². The maximum absolute atomic E-state index is 7.18. The van der Waals surface area contributed by atoms with Gasteiger partial charge < -0.3 is 9.32 Å². The van der Waals surface area contributed by atoms with Gasteiger partial charge in [-0.15, -0.1) is 0 Å². The molecule has 0 unspecified atom stereocenters. The van der Waals surface area contributed by atoms with Crippen LogP contribution < -0.4 is 4.90 Å². The van der Waals surface area contributed by atoms with Gasteiger partial charge in [0.1, 0.15) is 11.2 Å². The van der Waals surface area contributed by atoms with Gasteiger partial charge in [-0.25, -0.2) is 0 Å². The van der Waals surface area contributed by atoms with Crippen LogP contribution in [-0.2, 0) is 5.41 Å². The van der Waals surface area contributed by atoms with E-state index in [1.807, 2.05) is 0 Å². The molecule has 268 valence electrons. The number of hydrogen-bond acceptors (Lipinski definition) is 2. The molecule has 0 fully saturated rings. The molecule has 1 aliphatic rings. The standard InChI is InChI=1S/C55H37NO/c1-55(2)47-25-12-11-24-43(47)44-30-29-37(33-48(44)55)56(49-26-13-18-34-15-3-7-20-39(34)49)50-27-14-28-51-53(50)46-32-36-17-5-8-21-40(36)52(54(46)57-51)45-31-35-16-4-6-19-38(35)41-22-9-10-23-42(41)45/h3-33H,1-2H3. The Morgan fingerprint density at radius 1 is 0.404 bits per heavy atom. The van der Waals surface area contributed by atoms with Gasteiger partial charge in [0.25, 0.3) is 0 Å². The average molecular weight is 728 g/mol. The monoisotopic (exact) mass is 727 g/mol. The highest BCUT2D eigenvalue weighted by atomic mass is 16.3. The number of benzene rings is 10. The quantitative estimate of drug-likeness (QED) is 0.168. The first-order chi connectivity index (χ1) is 28.0. The van der Waals surface area contributed by atoms with E-state index < -0.39 is 0 Å². The number of fused-ring (bicyclic) bond motifs is 11. The molecule has 0 bridgehead atoms. The number of rotatable bonds is 4. The SMILES string of the molecule is CC1(C)c2ccccc2-c2ccc(N(c3cccc4ccccc34)c3cccc4oc5c(-c6cc7ccccc7c7ccccc67)c6ccccc6cc5c34)cc21. The first-order valence-electron chi connectivity index (χ1n) is 19.8. The van der Waals surface area contributed by atoms with Crippen molar-refractivity contribution in [3.8, 4) is 22.3 Å². The fraction of sp³-hybridized carbons (Fsp3) is 0.0545. The summed E-state index contributed by atoms with van der Waals surface area (Å²) in [5, 5.41) is 11.9. The van der Waals surface area contributed by atoms with Gasteiger partial charge in [0.15, 0.2) is 0 Å². The van der Waals surface area contributed by atoms with Crippen LogP contribution in [-0.4, -0.2) is 0 Å². The van der Waals surface area contributed by atoms with Crippen LogP contribution in [0.4, 0.5) is 17.1 Å². The van der Waals surface area contributed by atoms with Crippen LogP contribution in [0.3, 0.4) is 0 Å². The Kier molecular flexibility index (Phi) is 6.72. The molecule has 0 saturated carbocycles. The molecule has 11 aromatic rings. The van der Waals surface area contributed by atoms with Crippen LogP contribution in [0, 0.1) is 0 Å². The second-order valence-electron chi connectivity index (χ2n) is 16.0. The average Bonchev–Trinajstić information content (AvgIpc) is 3.74. The molecule has 1 aromatic heterocycles. The Labute approximate surface area is 330 Å². The molecule has 57 heavy (non-hydrogen) atoms. The lowest BCUT2D eigenvalue weighted by Gasteiger charge is -2.29. The van der Waals surface area contributed by atoms with Gasteiger partial charge in [-0.05, 0) is 108 Å². The van der Waals surface area contributed by atoms with E-state index in [1.165, 1.54) is 70.9 Å². The number of nitrogens with zero attached hydrogens (tertiary/aromatic N) is 1. The molecule has 12 rings (SSSR count). The Morgan fingerprint density at radius 2 is 1.02 bits per heavy atom. The first-order valence-corrected chi connectivity index (χ1v) is 19.8. The molecular weight excluding hydrogens is 691 g/mol. The van der Waals surface area contributed by atoms with Crippen molar-refractivity contribution < 1.29 is 4.42 Å². The topological polar surface area (TPSA) is 16.4 Å². The van der Waals surface area contributed by atoms with Crippen molar-refractivity contribution in [2.75, 3.05) is 4.90 Å². The van der Waals surface area contributed by atoms with Crippen molar-refractivity contribution in [2.45, 2.75) is 19.3 Å². The van der Waals surface area contributed by atoms with E-state index in [1.54, 1.807) is 0 Å². The summed E-state index contributed by atoms with van der Waals surface area (Å²) in [5.74, 6) is 0. The lowest BCUT2D eigenvalue weighted by Crippen LogP contribution is -2.16. The Hall–Kier alpha value is -7.16. The van der Waals surface area contributed by atoms with Crippen LogP contribution in [0.15, 0.2) is 192 Å². The third kappa shape index (κ3) is 4.59. The Morgan fingerprint density at radius 3 is 1.86 bits per heavy atom. The number of hydrogen-bond donors (Lipinski definition) is 0. The van der Waals surface area contributed by atoms with E-state index in [0.717, 1.165) is 44.6 Å². The lowest BCUT2D eigenvalue weighted by molar-refractivity contribution is 0.660. The van der Waals surface area contributed by atoms with E-state index in [2.05, 4.69) is 207 Å². The maximum atomic E-state index is 7.18. The van der Waals surface area contributed by atoms with E-state index in [0.29, 0.717) is 0 Å². The molecule has 0 atom stereocenters. The van der Waals surface area contributed by atoms with Crippen molar-refractivity contribution in [3.05, 3.63) is 199 Å². The minimum atomic E-state index is -0.142. The fourth-order valence-electron chi connectivity index (χ4n) is 9.96. The van der Waals surface area contributed by atoms with Crippen LogP contribution in [0.5, 0.6) is 0 Å². The van der Waals surface area contributed by atoms with Crippen molar-refractivity contribution >= 4 is 82.1 Å². The summed E-state index contributed by atoms with van der Waals surface area (Å²) in [6.45, 7) is 4.72. The summed E-state index contributed by atoms with van der Waals surface area (Å²) < 4.78 is 7.18. The molecule has 2 heteroatoms. The molecule has 0 N–H and O–H groups in total. The molecule has 0 spiro atoms. The summed E-state index contributed by atoms with van der Waals surface area (Å²) in [7, 11) is 0. The van der Waals surface area contributed by atoms with Crippen LogP contribution in [0.25, 0.3) is 87.3 Å². The third-order valence-corrected chi connectivity index (χ3v) is 12.6. The molecule has 0 radical (unpaired) electrons. The number of anilines is 3. The lowest BCUT2D eigenvalue weighted by atomic mass is 9.82. The highest BCUT2D eigenvalue weighted by Crippen LogP contribution is 2.53. The highest BCUT2D eigenvalue weighted by molar-refractivity contribution is 6.25. The fourth-order valence-corrected chi connectivity index (χ4v) is 9.96. The van der Waals surface area contributed by atoms with Crippen molar-refractivity contribution in [3.63, 3.8) is 0 Å². The minimum absolute atomic E-state index is 0.142. The molecule has 1 aliphatic carbocycles. The van der Waals surface area contributed by atoms with E-state index in [4.69, 9.17) is 4.42 Å². The molecular formula is C55H37NO. The summed E-state index contributed by atoms with van der Waals surface area (Å²) >= 11 is 0. The van der Waals surface area contributed by atoms with Gasteiger partial charge in [0.05, 0.1) is 16.8 Å². The number of furan rings is 1. The van der Waals surface area contributed by atoms with Gasteiger partial charge in [-0.1, -0.05) is 159 Å². The summed E-state index contributed by atoms with van der Waals surface area (Å²) in [6, 6.07) is 68.9. The second-order valence-corrected chi connectivity index (χ2v) is 16.0. The predicted octanol–water partition coefficient (Wildman–Crippen LogP) is 15.6. The molecule has 0 aliphatic heterocycles. The van der Waals surface area contributed by atoms with Crippen molar-refractivity contribution in [1.82, 2.24) is 0 Å². The molecule has 1 heterocycles. The summed E-state index contributed by atoms with van der Waals surface area (Å²) in [4.78, 5) is 2.47.